The molecule has 0 aromatic rings. The van der Waals surface area contributed by atoms with Crippen LogP contribution < -0.4 is 0 Å². The number of rotatable bonds is 2. The van der Waals surface area contributed by atoms with Crippen LogP contribution in [-0.4, -0.2) is 35.7 Å². The first-order chi connectivity index (χ1) is 5.75. The maximum Gasteiger partial charge on any atom is 0.0866 e. The molecule has 68 valence electrons. The molecule has 1 rings (SSSR count). The average molecular weight is 168 g/mol. The van der Waals surface area contributed by atoms with E-state index in [2.05, 4.69) is 6.07 Å². The Morgan fingerprint density at radius 1 is 1.50 bits per heavy atom. The van der Waals surface area contributed by atoms with Gasteiger partial charge in [0.15, 0.2) is 0 Å². The van der Waals surface area contributed by atoms with Crippen LogP contribution in [-0.2, 0) is 0 Å². The molecular weight excluding hydrogens is 152 g/mol. The Morgan fingerprint density at radius 3 is 2.75 bits per heavy atom. The van der Waals surface area contributed by atoms with Gasteiger partial charge in [-0.3, -0.25) is 4.90 Å². The summed E-state index contributed by atoms with van der Waals surface area (Å²) in [5, 5.41) is 18.1. The van der Waals surface area contributed by atoms with Gasteiger partial charge in [0.1, 0.15) is 0 Å². The van der Waals surface area contributed by atoms with E-state index >= 15 is 0 Å². The fraction of sp³-hybridized carbons (Fsp3) is 0.889. The molecule has 12 heavy (non-hydrogen) atoms. The number of aliphatic hydroxyl groups is 1. The van der Waals surface area contributed by atoms with Gasteiger partial charge in [-0.2, -0.15) is 5.26 Å². The zero-order chi connectivity index (χ0) is 8.97. The van der Waals surface area contributed by atoms with Gasteiger partial charge in [0, 0.05) is 6.04 Å². The SMILES string of the molecule is CN(CC#N)C1CCCC[C@H]1O. The third-order valence-electron chi connectivity index (χ3n) is 2.58. The highest BCUT2D eigenvalue weighted by molar-refractivity contribution is 4.85. The standard InChI is InChI=1S/C9H16N2O/c1-11(7-6-10)8-4-2-3-5-9(8)12/h8-9,12H,2-5,7H2,1H3/t8?,9-/m1/s1. The van der Waals surface area contributed by atoms with E-state index in [9.17, 15) is 5.11 Å². The maximum absolute atomic E-state index is 9.61. The van der Waals surface area contributed by atoms with Crippen molar-refractivity contribution in [3.05, 3.63) is 0 Å². The van der Waals surface area contributed by atoms with Crippen molar-refractivity contribution in [1.82, 2.24) is 4.90 Å². The molecule has 1 aliphatic rings. The lowest BCUT2D eigenvalue weighted by atomic mass is 9.92. The van der Waals surface area contributed by atoms with Gasteiger partial charge in [-0.05, 0) is 19.9 Å². The molecule has 0 aromatic heterocycles. The number of nitrogens with zero attached hydrogens (tertiary/aromatic N) is 2. The van der Waals surface area contributed by atoms with Crippen molar-refractivity contribution in [2.24, 2.45) is 0 Å². The number of hydrogen-bond acceptors (Lipinski definition) is 3. The van der Waals surface area contributed by atoms with Crippen molar-refractivity contribution in [2.45, 2.75) is 37.8 Å². The van der Waals surface area contributed by atoms with E-state index in [1.54, 1.807) is 0 Å². The van der Waals surface area contributed by atoms with Gasteiger partial charge >= 0.3 is 0 Å². The zero-order valence-corrected chi connectivity index (χ0v) is 7.53. The summed E-state index contributed by atoms with van der Waals surface area (Å²) < 4.78 is 0. The van der Waals surface area contributed by atoms with Gasteiger partial charge in [-0.15, -0.1) is 0 Å². The maximum atomic E-state index is 9.61. The van der Waals surface area contributed by atoms with Crippen molar-refractivity contribution in [3.63, 3.8) is 0 Å². The fourth-order valence-corrected chi connectivity index (χ4v) is 1.83. The second kappa shape index (κ2) is 4.44. The van der Waals surface area contributed by atoms with Crippen LogP contribution in [0.5, 0.6) is 0 Å². The Balaban J connectivity index is 2.43. The van der Waals surface area contributed by atoms with E-state index in [4.69, 9.17) is 5.26 Å². The molecule has 3 nitrogen and oxygen atoms in total. The van der Waals surface area contributed by atoms with E-state index in [1.165, 1.54) is 6.42 Å². The van der Waals surface area contributed by atoms with Gasteiger partial charge in [-0.1, -0.05) is 12.8 Å². The lowest BCUT2D eigenvalue weighted by Crippen LogP contribution is -2.43. The molecule has 0 aromatic carbocycles. The third-order valence-corrected chi connectivity index (χ3v) is 2.58. The molecule has 0 aliphatic heterocycles. The second-order valence-electron chi connectivity index (χ2n) is 3.49. The van der Waals surface area contributed by atoms with E-state index in [1.807, 2.05) is 11.9 Å². The highest BCUT2D eigenvalue weighted by Gasteiger charge is 2.25. The average Bonchev–Trinajstić information content (AvgIpc) is 2.05. The van der Waals surface area contributed by atoms with Gasteiger partial charge in [0.25, 0.3) is 0 Å². The Bertz CT molecular complexity index is 176. The van der Waals surface area contributed by atoms with Gasteiger partial charge in [0.05, 0.1) is 18.7 Å². The summed E-state index contributed by atoms with van der Waals surface area (Å²) >= 11 is 0. The second-order valence-corrected chi connectivity index (χ2v) is 3.49. The largest absolute Gasteiger partial charge is 0.391 e. The lowest BCUT2D eigenvalue weighted by molar-refractivity contribution is 0.0379. The first kappa shape index (κ1) is 9.50. The van der Waals surface area contributed by atoms with Crippen LogP contribution in [0, 0.1) is 11.3 Å². The molecule has 0 radical (unpaired) electrons. The van der Waals surface area contributed by atoms with Crippen LogP contribution in [0.4, 0.5) is 0 Å². The summed E-state index contributed by atoms with van der Waals surface area (Å²) in [6.07, 6.45) is 3.99. The lowest BCUT2D eigenvalue weighted by Gasteiger charge is -2.33. The van der Waals surface area contributed by atoms with Crippen LogP contribution in [0.2, 0.25) is 0 Å². The summed E-state index contributed by atoms with van der Waals surface area (Å²) in [6, 6.07) is 2.31. The van der Waals surface area contributed by atoms with Crippen LogP contribution >= 0.6 is 0 Å². The van der Waals surface area contributed by atoms with E-state index < -0.39 is 0 Å². The Labute approximate surface area is 73.6 Å². The van der Waals surface area contributed by atoms with E-state index in [0.29, 0.717) is 6.54 Å². The number of nitriles is 1. The van der Waals surface area contributed by atoms with Crippen LogP contribution in [0.1, 0.15) is 25.7 Å². The van der Waals surface area contributed by atoms with Crippen LogP contribution in [0.3, 0.4) is 0 Å². The van der Waals surface area contributed by atoms with Gasteiger partial charge in [-0.25, -0.2) is 0 Å². The molecule has 1 unspecified atom stereocenters. The van der Waals surface area contributed by atoms with Gasteiger partial charge in [0.2, 0.25) is 0 Å². The van der Waals surface area contributed by atoms with Crippen molar-refractivity contribution >= 4 is 0 Å². The van der Waals surface area contributed by atoms with Gasteiger partial charge < -0.3 is 5.11 Å². The fourth-order valence-electron chi connectivity index (χ4n) is 1.83. The summed E-state index contributed by atoms with van der Waals surface area (Å²) in [5.41, 5.74) is 0. The first-order valence-corrected chi connectivity index (χ1v) is 4.51. The highest BCUT2D eigenvalue weighted by Crippen LogP contribution is 2.21. The Hall–Kier alpha value is -0.590. The predicted molar refractivity (Wildman–Crippen MR) is 46.5 cm³/mol. The van der Waals surface area contributed by atoms with Crippen LogP contribution in [0.25, 0.3) is 0 Å². The Kier molecular flexibility index (Phi) is 3.51. The molecule has 1 fully saturated rings. The van der Waals surface area contributed by atoms with Crippen molar-refractivity contribution in [1.29, 1.82) is 5.26 Å². The quantitative estimate of drug-likeness (QED) is 0.619. The monoisotopic (exact) mass is 168 g/mol. The van der Waals surface area contributed by atoms with Crippen LogP contribution in [0.15, 0.2) is 0 Å². The summed E-state index contributed by atoms with van der Waals surface area (Å²) in [6.45, 7) is 0.418. The zero-order valence-electron chi connectivity index (χ0n) is 7.53. The minimum Gasteiger partial charge on any atom is -0.391 e. The van der Waals surface area contributed by atoms with Crippen molar-refractivity contribution in [2.75, 3.05) is 13.6 Å². The number of aliphatic hydroxyl groups excluding tert-OH is 1. The molecular formula is C9H16N2O. The number of hydrogen-bond donors (Lipinski definition) is 1. The molecule has 1 saturated carbocycles. The first-order valence-electron chi connectivity index (χ1n) is 4.51. The molecule has 1 aliphatic carbocycles. The summed E-state index contributed by atoms with van der Waals surface area (Å²) in [7, 11) is 1.91. The minimum absolute atomic E-state index is 0.207. The molecule has 0 spiro atoms. The molecule has 2 atom stereocenters. The van der Waals surface area contributed by atoms with Crippen molar-refractivity contribution < 1.29 is 5.11 Å². The molecule has 1 N–H and O–H groups in total. The molecule has 0 saturated heterocycles. The Morgan fingerprint density at radius 2 is 2.17 bits per heavy atom. The third kappa shape index (κ3) is 2.20. The topological polar surface area (TPSA) is 47.3 Å². The van der Waals surface area contributed by atoms with E-state index in [-0.39, 0.29) is 12.1 Å². The molecule has 3 heteroatoms. The highest BCUT2D eigenvalue weighted by atomic mass is 16.3. The molecule has 0 amide bonds. The number of likely N-dealkylation sites (N-methyl/N-ethyl adjacent to an activating group) is 1. The van der Waals surface area contributed by atoms with E-state index in [0.717, 1.165) is 19.3 Å². The smallest absolute Gasteiger partial charge is 0.0866 e. The summed E-state index contributed by atoms with van der Waals surface area (Å²) in [5.74, 6) is 0. The minimum atomic E-state index is -0.225. The predicted octanol–water partition coefficient (Wildman–Crippen LogP) is 0.745. The molecule has 0 heterocycles. The summed E-state index contributed by atoms with van der Waals surface area (Å²) in [4.78, 5) is 1.95. The molecule has 0 bridgehead atoms. The van der Waals surface area contributed by atoms with Crippen molar-refractivity contribution in [3.8, 4) is 6.07 Å². The normalized spacial score (nSPS) is 30.2.